The first-order valence-corrected chi connectivity index (χ1v) is 6.03. The van der Waals surface area contributed by atoms with Crippen molar-refractivity contribution in [1.82, 2.24) is 0 Å². The van der Waals surface area contributed by atoms with E-state index in [-0.39, 0.29) is 5.82 Å². The van der Waals surface area contributed by atoms with Gasteiger partial charge in [-0.25, -0.2) is 4.39 Å². The van der Waals surface area contributed by atoms with Crippen molar-refractivity contribution in [2.75, 3.05) is 5.43 Å². The molecule has 3 heteroatoms. The first kappa shape index (κ1) is 13.0. The van der Waals surface area contributed by atoms with E-state index in [1.807, 2.05) is 49.4 Å². The van der Waals surface area contributed by atoms with E-state index in [4.69, 9.17) is 0 Å². The second-order valence-corrected chi connectivity index (χ2v) is 4.12. The number of para-hydroxylation sites is 1. The van der Waals surface area contributed by atoms with Gasteiger partial charge in [-0.05, 0) is 42.8 Å². The summed E-state index contributed by atoms with van der Waals surface area (Å²) in [6, 6.07) is 16.1. The van der Waals surface area contributed by atoms with Crippen molar-refractivity contribution in [1.29, 1.82) is 0 Å². The molecule has 0 bridgehead atoms. The zero-order valence-corrected chi connectivity index (χ0v) is 10.7. The summed E-state index contributed by atoms with van der Waals surface area (Å²) in [4.78, 5) is 0. The summed E-state index contributed by atoms with van der Waals surface area (Å²) >= 11 is 0. The molecule has 0 radical (unpaired) electrons. The van der Waals surface area contributed by atoms with Crippen molar-refractivity contribution in [3.05, 3.63) is 72.1 Å². The van der Waals surface area contributed by atoms with Crippen LogP contribution in [0.4, 0.5) is 10.1 Å². The van der Waals surface area contributed by atoms with Crippen molar-refractivity contribution in [2.24, 2.45) is 5.10 Å². The molecular weight excluding hydrogens is 239 g/mol. The molecule has 2 rings (SSSR count). The smallest absolute Gasteiger partial charge is 0.123 e. The Morgan fingerprint density at radius 1 is 1.05 bits per heavy atom. The molecule has 2 aromatic rings. The van der Waals surface area contributed by atoms with Crippen molar-refractivity contribution in [2.45, 2.75) is 6.92 Å². The van der Waals surface area contributed by atoms with Gasteiger partial charge >= 0.3 is 0 Å². The van der Waals surface area contributed by atoms with Gasteiger partial charge in [0.15, 0.2) is 0 Å². The monoisotopic (exact) mass is 254 g/mol. The van der Waals surface area contributed by atoms with Gasteiger partial charge in [0.2, 0.25) is 0 Å². The average Bonchev–Trinajstić information content (AvgIpc) is 2.45. The zero-order valence-electron chi connectivity index (χ0n) is 10.7. The predicted molar refractivity (Wildman–Crippen MR) is 78.6 cm³/mol. The van der Waals surface area contributed by atoms with Crippen LogP contribution in [0.3, 0.4) is 0 Å². The maximum Gasteiger partial charge on any atom is 0.123 e. The fourth-order valence-corrected chi connectivity index (χ4v) is 1.49. The van der Waals surface area contributed by atoms with E-state index in [1.165, 1.54) is 12.1 Å². The van der Waals surface area contributed by atoms with E-state index < -0.39 is 0 Å². The number of nitrogens with one attached hydrogen (secondary N) is 1. The number of anilines is 1. The molecule has 19 heavy (non-hydrogen) atoms. The Hall–Kier alpha value is -2.42. The molecule has 2 nitrogen and oxygen atoms in total. The van der Waals surface area contributed by atoms with Crippen LogP contribution in [0.25, 0.3) is 6.08 Å². The molecule has 0 spiro atoms. The van der Waals surface area contributed by atoms with Crippen molar-refractivity contribution >= 4 is 17.5 Å². The normalized spacial score (nSPS) is 11.8. The molecule has 0 amide bonds. The van der Waals surface area contributed by atoms with Crippen LogP contribution in [0.15, 0.2) is 65.8 Å². The van der Waals surface area contributed by atoms with Gasteiger partial charge in [-0.3, -0.25) is 5.43 Å². The Bertz CT molecular complexity index is 571. The molecule has 0 heterocycles. The standard InChI is InChI=1S/C16H15FN2/c1-13(18-19-16-5-3-2-4-6-16)7-8-14-9-11-15(17)12-10-14/h2-12,19H,1H3/b8-7+,18-13+. The molecule has 0 aliphatic carbocycles. The summed E-state index contributed by atoms with van der Waals surface area (Å²) in [6.07, 6.45) is 3.77. The van der Waals surface area contributed by atoms with Crippen LogP contribution in [0.5, 0.6) is 0 Å². The third-order valence-electron chi connectivity index (χ3n) is 2.52. The lowest BCUT2D eigenvalue weighted by atomic mass is 10.2. The molecule has 0 saturated carbocycles. The molecular formula is C16H15FN2. The Labute approximate surface area is 112 Å². The number of halogens is 1. The lowest BCUT2D eigenvalue weighted by molar-refractivity contribution is 0.628. The Morgan fingerprint density at radius 2 is 1.74 bits per heavy atom. The number of allylic oxidation sites excluding steroid dienone is 1. The van der Waals surface area contributed by atoms with E-state index in [0.29, 0.717) is 0 Å². The van der Waals surface area contributed by atoms with Crippen molar-refractivity contribution in [3.8, 4) is 0 Å². The van der Waals surface area contributed by atoms with Crippen LogP contribution >= 0.6 is 0 Å². The van der Waals surface area contributed by atoms with E-state index in [2.05, 4.69) is 10.5 Å². The quantitative estimate of drug-likeness (QED) is 0.637. The van der Waals surface area contributed by atoms with E-state index in [1.54, 1.807) is 12.1 Å². The van der Waals surface area contributed by atoms with Crippen LogP contribution in [0.2, 0.25) is 0 Å². The van der Waals surface area contributed by atoms with Gasteiger partial charge in [0.1, 0.15) is 5.82 Å². The summed E-state index contributed by atoms with van der Waals surface area (Å²) in [5.74, 6) is -0.228. The van der Waals surface area contributed by atoms with Gasteiger partial charge in [-0.1, -0.05) is 36.4 Å². The number of hydrogen-bond acceptors (Lipinski definition) is 2. The molecule has 0 saturated heterocycles. The van der Waals surface area contributed by atoms with Crippen LogP contribution < -0.4 is 5.43 Å². The van der Waals surface area contributed by atoms with E-state index >= 15 is 0 Å². The van der Waals surface area contributed by atoms with Crippen LogP contribution in [0.1, 0.15) is 12.5 Å². The molecule has 0 aliphatic rings. The molecule has 0 aliphatic heterocycles. The largest absolute Gasteiger partial charge is 0.278 e. The van der Waals surface area contributed by atoms with E-state index in [9.17, 15) is 4.39 Å². The van der Waals surface area contributed by atoms with Crippen molar-refractivity contribution < 1.29 is 4.39 Å². The summed E-state index contributed by atoms with van der Waals surface area (Å²) in [6.45, 7) is 1.90. The molecule has 96 valence electrons. The minimum absolute atomic E-state index is 0.228. The van der Waals surface area contributed by atoms with Crippen LogP contribution in [-0.2, 0) is 0 Å². The van der Waals surface area contributed by atoms with E-state index in [0.717, 1.165) is 17.0 Å². The van der Waals surface area contributed by atoms with Gasteiger partial charge in [-0.2, -0.15) is 5.10 Å². The first-order chi connectivity index (χ1) is 9.24. The molecule has 2 aromatic carbocycles. The fourth-order valence-electron chi connectivity index (χ4n) is 1.49. The highest BCUT2D eigenvalue weighted by Crippen LogP contribution is 2.06. The zero-order chi connectivity index (χ0) is 13.5. The summed E-state index contributed by atoms with van der Waals surface area (Å²) < 4.78 is 12.7. The molecule has 0 atom stereocenters. The van der Waals surface area contributed by atoms with Crippen LogP contribution in [0, 0.1) is 5.82 Å². The lowest BCUT2D eigenvalue weighted by Gasteiger charge is -1.99. The lowest BCUT2D eigenvalue weighted by Crippen LogP contribution is -1.93. The minimum atomic E-state index is -0.228. The Balaban J connectivity index is 1.96. The fraction of sp³-hybridized carbons (Fsp3) is 0.0625. The summed E-state index contributed by atoms with van der Waals surface area (Å²) in [5.41, 5.74) is 5.69. The summed E-state index contributed by atoms with van der Waals surface area (Å²) in [7, 11) is 0. The molecule has 0 fully saturated rings. The van der Waals surface area contributed by atoms with Gasteiger partial charge in [-0.15, -0.1) is 0 Å². The summed E-state index contributed by atoms with van der Waals surface area (Å²) in [5, 5.41) is 4.23. The van der Waals surface area contributed by atoms with Gasteiger partial charge in [0.25, 0.3) is 0 Å². The minimum Gasteiger partial charge on any atom is -0.278 e. The Morgan fingerprint density at radius 3 is 2.42 bits per heavy atom. The molecule has 0 aromatic heterocycles. The topological polar surface area (TPSA) is 24.4 Å². The number of rotatable bonds is 4. The van der Waals surface area contributed by atoms with Crippen LogP contribution in [-0.4, -0.2) is 5.71 Å². The highest BCUT2D eigenvalue weighted by Gasteiger charge is 1.90. The highest BCUT2D eigenvalue weighted by molar-refractivity contribution is 5.96. The molecule has 1 N–H and O–H groups in total. The van der Waals surface area contributed by atoms with Gasteiger partial charge in [0.05, 0.1) is 11.4 Å². The third kappa shape index (κ3) is 4.39. The second-order valence-electron chi connectivity index (χ2n) is 4.12. The van der Waals surface area contributed by atoms with Gasteiger partial charge < -0.3 is 0 Å². The number of hydrogen-bond donors (Lipinski definition) is 1. The number of nitrogens with zero attached hydrogens (tertiary/aromatic N) is 1. The first-order valence-electron chi connectivity index (χ1n) is 6.03. The third-order valence-corrected chi connectivity index (χ3v) is 2.52. The maximum atomic E-state index is 12.7. The second kappa shape index (κ2) is 6.50. The number of hydrazone groups is 1. The SMILES string of the molecule is CC(/C=C/c1ccc(F)cc1)=N\Nc1ccccc1. The maximum absolute atomic E-state index is 12.7. The van der Waals surface area contributed by atoms with Gasteiger partial charge in [0, 0.05) is 0 Å². The van der Waals surface area contributed by atoms with Crippen molar-refractivity contribution in [3.63, 3.8) is 0 Å². The molecule has 0 unspecified atom stereocenters. The highest BCUT2D eigenvalue weighted by atomic mass is 19.1. The average molecular weight is 254 g/mol. The predicted octanol–water partition coefficient (Wildman–Crippen LogP) is 4.33. The number of benzene rings is 2. The Kier molecular flexibility index (Phi) is 4.45.